The summed E-state index contributed by atoms with van der Waals surface area (Å²) < 4.78 is 0. The molecule has 1 saturated carbocycles. The molecule has 0 aromatic carbocycles. The van der Waals surface area contributed by atoms with E-state index in [0.29, 0.717) is 12.3 Å². The molecule has 1 amide bonds. The molecule has 0 heterocycles. The van der Waals surface area contributed by atoms with E-state index in [9.17, 15) is 9.59 Å². The first-order valence-electron chi connectivity index (χ1n) is 7.38. The fourth-order valence-electron chi connectivity index (χ4n) is 3.15. The number of rotatable bonds is 7. The Morgan fingerprint density at radius 2 is 1.79 bits per heavy atom. The summed E-state index contributed by atoms with van der Waals surface area (Å²) in [6.07, 6.45) is 5.75. The highest BCUT2D eigenvalue weighted by molar-refractivity contribution is 5.83. The van der Waals surface area contributed by atoms with E-state index in [1.54, 1.807) is 0 Å². The number of carbonyl (C=O) groups is 2. The van der Waals surface area contributed by atoms with Crippen LogP contribution in [0.2, 0.25) is 0 Å². The molecule has 0 aliphatic heterocycles. The Balaban J connectivity index is 2.55. The normalized spacial score (nSPS) is 19.4. The third-order valence-corrected chi connectivity index (χ3v) is 4.01. The van der Waals surface area contributed by atoms with Gasteiger partial charge in [-0.05, 0) is 38.5 Å². The first-order valence-corrected chi connectivity index (χ1v) is 7.38. The molecule has 1 atom stereocenters. The second kappa shape index (κ2) is 6.92. The van der Waals surface area contributed by atoms with Crippen LogP contribution in [-0.2, 0) is 9.59 Å². The molecular weight excluding hydrogens is 242 g/mol. The minimum Gasteiger partial charge on any atom is -0.481 e. The third kappa shape index (κ3) is 4.84. The Hall–Kier alpha value is -1.06. The predicted octanol–water partition coefficient (Wildman–Crippen LogP) is 2.96. The van der Waals surface area contributed by atoms with E-state index in [-0.39, 0.29) is 23.8 Å². The molecule has 1 fully saturated rings. The van der Waals surface area contributed by atoms with Crippen LogP contribution in [0.15, 0.2) is 0 Å². The molecule has 0 aromatic heterocycles. The van der Waals surface area contributed by atoms with Gasteiger partial charge >= 0.3 is 5.97 Å². The van der Waals surface area contributed by atoms with Crippen molar-refractivity contribution in [1.29, 1.82) is 0 Å². The first-order chi connectivity index (χ1) is 8.85. The Labute approximate surface area is 116 Å². The topological polar surface area (TPSA) is 66.4 Å². The van der Waals surface area contributed by atoms with Crippen molar-refractivity contribution in [3.05, 3.63) is 0 Å². The summed E-state index contributed by atoms with van der Waals surface area (Å²) in [7, 11) is 0. The largest absolute Gasteiger partial charge is 0.481 e. The molecule has 4 heteroatoms. The quantitative estimate of drug-likeness (QED) is 0.746. The number of carboxylic acid groups (broad SMARTS) is 1. The van der Waals surface area contributed by atoms with E-state index in [1.165, 1.54) is 0 Å². The molecule has 0 saturated heterocycles. The minimum absolute atomic E-state index is 0.0618. The van der Waals surface area contributed by atoms with Crippen molar-refractivity contribution < 1.29 is 14.7 Å². The van der Waals surface area contributed by atoms with Gasteiger partial charge in [-0.1, -0.05) is 26.7 Å². The van der Waals surface area contributed by atoms with Gasteiger partial charge in [0, 0.05) is 17.9 Å². The van der Waals surface area contributed by atoms with Crippen LogP contribution in [0.1, 0.15) is 65.7 Å². The highest BCUT2D eigenvalue weighted by Crippen LogP contribution is 2.43. The van der Waals surface area contributed by atoms with Gasteiger partial charge in [0.1, 0.15) is 0 Å². The summed E-state index contributed by atoms with van der Waals surface area (Å²) >= 11 is 0. The highest BCUT2D eigenvalue weighted by atomic mass is 16.4. The van der Waals surface area contributed by atoms with Crippen LogP contribution >= 0.6 is 0 Å². The zero-order valence-corrected chi connectivity index (χ0v) is 12.4. The summed E-state index contributed by atoms with van der Waals surface area (Å²) in [6.45, 7) is 6.20. The van der Waals surface area contributed by atoms with E-state index in [1.807, 2.05) is 6.92 Å². The minimum atomic E-state index is -0.807. The molecule has 0 radical (unpaired) electrons. The van der Waals surface area contributed by atoms with Gasteiger partial charge in [0.05, 0.1) is 0 Å². The van der Waals surface area contributed by atoms with E-state index in [4.69, 9.17) is 5.11 Å². The zero-order chi connectivity index (χ0) is 14.5. The van der Waals surface area contributed by atoms with Crippen molar-refractivity contribution in [2.24, 2.45) is 11.3 Å². The molecule has 0 aromatic rings. The Bertz CT molecular complexity index is 319. The van der Waals surface area contributed by atoms with Crippen molar-refractivity contribution in [2.75, 3.05) is 0 Å². The van der Waals surface area contributed by atoms with Gasteiger partial charge < -0.3 is 10.4 Å². The molecule has 0 bridgehead atoms. The second-order valence-electron chi connectivity index (χ2n) is 6.39. The monoisotopic (exact) mass is 269 g/mol. The number of carboxylic acids is 1. The summed E-state index contributed by atoms with van der Waals surface area (Å²) in [6, 6.07) is -0.0618. The van der Waals surface area contributed by atoms with Crippen LogP contribution < -0.4 is 5.32 Å². The van der Waals surface area contributed by atoms with Crippen molar-refractivity contribution in [1.82, 2.24) is 5.32 Å². The van der Waals surface area contributed by atoms with E-state index < -0.39 is 5.97 Å². The average Bonchev–Trinajstić information content (AvgIpc) is 2.75. The van der Waals surface area contributed by atoms with Gasteiger partial charge in [0.15, 0.2) is 0 Å². The van der Waals surface area contributed by atoms with Crippen LogP contribution in [0, 0.1) is 11.3 Å². The fourth-order valence-corrected chi connectivity index (χ4v) is 3.15. The first kappa shape index (κ1) is 16.0. The number of nitrogens with one attached hydrogen (secondary N) is 1. The summed E-state index contributed by atoms with van der Waals surface area (Å²) in [5.41, 5.74) is -0.203. The molecule has 1 aliphatic rings. The lowest BCUT2D eigenvalue weighted by atomic mass is 9.77. The third-order valence-electron chi connectivity index (χ3n) is 4.01. The van der Waals surface area contributed by atoms with E-state index in [0.717, 1.165) is 32.1 Å². The molecule has 1 unspecified atom stereocenters. The number of amides is 1. The van der Waals surface area contributed by atoms with Gasteiger partial charge in [-0.15, -0.1) is 0 Å². The molecular formula is C15H27NO3. The SMILES string of the molecule is CC(C)CC1(C(=O)NC(C)CCC(=O)O)CCCC1. The summed E-state index contributed by atoms with van der Waals surface area (Å²) in [5.74, 6) is -0.159. The smallest absolute Gasteiger partial charge is 0.303 e. The number of carbonyl (C=O) groups excluding carboxylic acids is 1. The number of hydrogen-bond donors (Lipinski definition) is 2. The number of hydrogen-bond acceptors (Lipinski definition) is 2. The molecule has 19 heavy (non-hydrogen) atoms. The maximum atomic E-state index is 12.5. The average molecular weight is 269 g/mol. The van der Waals surface area contributed by atoms with E-state index in [2.05, 4.69) is 19.2 Å². The Kier molecular flexibility index (Phi) is 5.83. The second-order valence-corrected chi connectivity index (χ2v) is 6.39. The predicted molar refractivity (Wildman–Crippen MR) is 74.8 cm³/mol. The van der Waals surface area contributed by atoms with Gasteiger partial charge in [-0.3, -0.25) is 9.59 Å². The Morgan fingerprint density at radius 1 is 1.21 bits per heavy atom. The lowest BCUT2D eigenvalue weighted by Gasteiger charge is -2.31. The summed E-state index contributed by atoms with van der Waals surface area (Å²) in [5, 5.41) is 11.7. The van der Waals surface area contributed by atoms with Gasteiger partial charge in [0.2, 0.25) is 5.91 Å². The maximum absolute atomic E-state index is 12.5. The van der Waals surface area contributed by atoms with Gasteiger partial charge in [-0.25, -0.2) is 0 Å². The van der Waals surface area contributed by atoms with Crippen LogP contribution in [-0.4, -0.2) is 23.0 Å². The van der Waals surface area contributed by atoms with Crippen molar-refractivity contribution in [3.63, 3.8) is 0 Å². The lowest BCUT2D eigenvalue weighted by Crippen LogP contribution is -2.44. The molecule has 1 aliphatic carbocycles. The highest BCUT2D eigenvalue weighted by Gasteiger charge is 2.41. The van der Waals surface area contributed by atoms with E-state index >= 15 is 0 Å². The van der Waals surface area contributed by atoms with Crippen LogP contribution in [0.4, 0.5) is 0 Å². The standard InChI is InChI=1S/C15H27NO3/c1-11(2)10-15(8-4-5-9-15)14(19)16-12(3)6-7-13(17)18/h11-12H,4-10H2,1-3H3,(H,16,19)(H,17,18). The molecule has 0 spiro atoms. The van der Waals surface area contributed by atoms with Crippen LogP contribution in [0.3, 0.4) is 0 Å². The van der Waals surface area contributed by atoms with Gasteiger partial charge in [0.25, 0.3) is 0 Å². The van der Waals surface area contributed by atoms with Crippen molar-refractivity contribution >= 4 is 11.9 Å². The van der Waals surface area contributed by atoms with Crippen LogP contribution in [0.5, 0.6) is 0 Å². The van der Waals surface area contributed by atoms with Crippen molar-refractivity contribution in [3.8, 4) is 0 Å². The maximum Gasteiger partial charge on any atom is 0.303 e. The lowest BCUT2D eigenvalue weighted by molar-refractivity contribution is -0.138. The molecule has 4 nitrogen and oxygen atoms in total. The molecule has 2 N–H and O–H groups in total. The molecule has 110 valence electrons. The van der Waals surface area contributed by atoms with Gasteiger partial charge in [-0.2, -0.15) is 0 Å². The van der Waals surface area contributed by atoms with Crippen LogP contribution in [0.25, 0.3) is 0 Å². The summed E-state index contributed by atoms with van der Waals surface area (Å²) in [4.78, 5) is 23.0. The van der Waals surface area contributed by atoms with Crippen molar-refractivity contribution in [2.45, 2.75) is 71.8 Å². The fraction of sp³-hybridized carbons (Fsp3) is 0.867. The number of aliphatic carboxylic acids is 1. The zero-order valence-electron chi connectivity index (χ0n) is 12.4. The molecule has 1 rings (SSSR count). The Morgan fingerprint density at radius 3 is 2.26 bits per heavy atom.